The van der Waals surface area contributed by atoms with Crippen molar-refractivity contribution in [2.24, 2.45) is 0 Å². The fourth-order valence-electron chi connectivity index (χ4n) is 1.76. The average molecular weight is 334 g/mol. The van der Waals surface area contributed by atoms with Crippen molar-refractivity contribution < 1.29 is 13.2 Å². The molecule has 0 spiro atoms. The Morgan fingerprint density at radius 1 is 1.32 bits per heavy atom. The van der Waals surface area contributed by atoms with Crippen LogP contribution in [0.2, 0.25) is 0 Å². The van der Waals surface area contributed by atoms with Gasteiger partial charge in [-0.05, 0) is 18.6 Å². The molecule has 0 aliphatic rings. The summed E-state index contributed by atoms with van der Waals surface area (Å²) in [6.07, 6.45) is -2.02. The van der Waals surface area contributed by atoms with Crippen LogP contribution in [0, 0.1) is 0 Å². The summed E-state index contributed by atoms with van der Waals surface area (Å²) in [5.41, 5.74) is -0.308. The van der Waals surface area contributed by atoms with Crippen LogP contribution in [0.3, 0.4) is 0 Å². The van der Waals surface area contributed by atoms with Gasteiger partial charge in [-0.15, -0.1) is 10.2 Å². The number of aromatic nitrogens is 3. The fraction of sp³-hybridized carbons (Fsp3) is 0.333. The molecule has 7 heteroatoms. The van der Waals surface area contributed by atoms with Crippen molar-refractivity contribution in [3.63, 3.8) is 0 Å². The molecule has 2 rings (SSSR count). The zero-order chi connectivity index (χ0) is 14.0. The van der Waals surface area contributed by atoms with Crippen LogP contribution in [0.1, 0.15) is 18.9 Å². The molecule has 0 saturated carbocycles. The number of aryl methyl sites for hydroxylation is 1. The molecular formula is C12H11BrF3N3. The van der Waals surface area contributed by atoms with E-state index in [0.717, 1.165) is 12.5 Å². The van der Waals surface area contributed by atoms with Gasteiger partial charge in [0, 0.05) is 16.6 Å². The van der Waals surface area contributed by atoms with Crippen LogP contribution in [-0.4, -0.2) is 14.8 Å². The first kappa shape index (κ1) is 14.0. The number of benzene rings is 1. The molecule has 19 heavy (non-hydrogen) atoms. The predicted molar refractivity (Wildman–Crippen MR) is 68.5 cm³/mol. The molecule has 0 atom stereocenters. The van der Waals surface area contributed by atoms with Gasteiger partial charge in [-0.3, -0.25) is 0 Å². The normalized spacial score (nSPS) is 11.8. The van der Waals surface area contributed by atoms with Crippen molar-refractivity contribution in [3.8, 4) is 11.4 Å². The highest BCUT2D eigenvalue weighted by atomic mass is 79.9. The van der Waals surface area contributed by atoms with Crippen LogP contribution in [0.4, 0.5) is 13.2 Å². The van der Waals surface area contributed by atoms with Crippen molar-refractivity contribution in [1.29, 1.82) is 0 Å². The lowest BCUT2D eigenvalue weighted by Gasteiger charge is -2.11. The zero-order valence-corrected chi connectivity index (χ0v) is 11.7. The van der Waals surface area contributed by atoms with Gasteiger partial charge in [-0.2, -0.15) is 13.2 Å². The van der Waals surface area contributed by atoms with Gasteiger partial charge in [0.25, 0.3) is 0 Å². The van der Waals surface area contributed by atoms with Crippen LogP contribution in [0.25, 0.3) is 11.4 Å². The third-order valence-electron chi connectivity index (χ3n) is 2.61. The monoisotopic (exact) mass is 333 g/mol. The Morgan fingerprint density at radius 2 is 2.05 bits per heavy atom. The van der Waals surface area contributed by atoms with Gasteiger partial charge in [0.1, 0.15) is 6.33 Å². The molecule has 0 radical (unpaired) electrons. The minimum absolute atomic E-state index is 0.0188. The molecule has 102 valence electrons. The number of rotatable bonds is 3. The third kappa shape index (κ3) is 2.97. The molecule has 0 N–H and O–H groups in total. The van der Waals surface area contributed by atoms with Crippen molar-refractivity contribution in [1.82, 2.24) is 14.8 Å². The molecule has 1 heterocycles. The molecule has 3 nitrogen and oxygen atoms in total. The highest BCUT2D eigenvalue weighted by molar-refractivity contribution is 9.10. The second kappa shape index (κ2) is 5.32. The van der Waals surface area contributed by atoms with Gasteiger partial charge in [0.2, 0.25) is 0 Å². The molecular weight excluding hydrogens is 323 g/mol. The van der Waals surface area contributed by atoms with Gasteiger partial charge in [-0.1, -0.05) is 28.9 Å². The Balaban J connectivity index is 2.49. The molecule has 0 amide bonds. The maximum absolute atomic E-state index is 12.8. The lowest BCUT2D eigenvalue weighted by molar-refractivity contribution is -0.138. The van der Waals surface area contributed by atoms with Crippen LogP contribution in [-0.2, 0) is 12.7 Å². The fourth-order valence-corrected chi connectivity index (χ4v) is 2.24. The van der Waals surface area contributed by atoms with E-state index in [0.29, 0.717) is 17.9 Å². The summed E-state index contributed by atoms with van der Waals surface area (Å²) in [7, 11) is 0. The van der Waals surface area contributed by atoms with Gasteiger partial charge in [0.05, 0.1) is 5.56 Å². The van der Waals surface area contributed by atoms with E-state index in [2.05, 4.69) is 26.1 Å². The van der Waals surface area contributed by atoms with Crippen LogP contribution < -0.4 is 0 Å². The number of hydrogen-bond acceptors (Lipinski definition) is 2. The van der Waals surface area contributed by atoms with Crippen molar-refractivity contribution in [2.45, 2.75) is 26.1 Å². The lowest BCUT2D eigenvalue weighted by Crippen LogP contribution is -2.07. The summed E-state index contributed by atoms with van der Waals surface area (Å²) in [5, 5.41) is 7.64. The first-order valence-electron chi connectivity index (χ1n) is 5.68. The Hall–Kier alpha value is -1.37. The quantitative estimate of drug-likeness (QED) is 0.845. The summed E-state index contributed by atoms with van der Waals surface area (Å²) in [6, 6.07) is 4.05. The minimum Gasteiger partial charge on any atom is -0.314 e. The predicted octanol–water partition coefficient (Wildman–Crippen LogP) is 4.14. The number of nitrogens with zero attached hydrogens (tertiary/aromatic N) is 3. The van der Waals surface area contributed by atoms with Crippen LogP contribution in [0.15, 0.2) is 29.0 Å². The van der Waals surface area contributed by atoms with E-state index in [1.54, 1.807) is 10.6 Å². The smallest absolute Gasteiger partial charge is 0.314 e. The summed E-state index contributed by atoms with van der Waals surface area (Å²) < 4.78 is 40.3. The van der Waals surface area contributed by atoms with Crippen molar-refractivity contribution in [3.05, 3.63) is 34.6 Å². The second-order valence-corrected chi connectivity index (χ2v) is 4.89. The molecule has 1 aromatic heterocycles. The highest BCUT2D eigenvalue weighted by Crippen LogP contribution is 2.37. The Kier molecular flexibility index (Phi) is 3.93. The van der Waals surface area contributed by atoms with E-state index in [1.807, 2.05) is 6.92 Å². The van der Waals surface area contributed by atoms with E-state index < -0.39 is 11.7 Å². The molecule has 1 aromatic carbocycles. The van der Waals surface area contributed by atoms with E-state index in [1.165, 1.54) is 12.4 Å². The molecule has 0 unspecified atom stereocenters. The first-order chi connectivity index (χ1) is 8.93. The molecule has 0 bridgehead atoms. The molecule has 2 aromatic rings. The summed E-state index contributed by atoms with van der Waals surface area (Å²) >= 11 is 2.92. The number of halogens is 4. The van der Waals surface area contributed by atoms with Crippen LogP contribution >= 0.6 is 15.9 Å². The standard InChI is InChI=1S/C12H11BrF3N3/c1-2-5-19-7-17-18-11(19)8-3-4-10(13)9(6-8)12(14,15)16/h3-4,6-7H,2,5H2,1H3. The summed E-state index contributed by atoms with van der Waals surface area (Å²) in [5.74, 6) is 0.444. The first-order valence-corrected chi connectivity index (χ1v) is 6.47. The van der Waals surface area contributed by atoms with E-state index >= 15 is 0 Å². The van der Waals surface area contributed by atoms with Gasteiger partial charge in [0.15, 0.2) is 5.82 Å². The summed E-state index contributed by atoms with van der Waals surface area (Å²) in [4.78, 5) is 0. The third-order valence-corrected chi connectivity index (χ3v) is 3.30. The topological polar surface area (TPSA) is 30.7 Å². The number of hydrogen-bond donors (Lipinski definition) is 0. The summed E-state index contributed by atoms with van der Waals surface area (Å²) in [6.45, 7) is 2.65. The van der Waals surface area contributed by atoms with E-state index in [-0.39, 0.29) is 4.47 Å². The van der Waals surface area contributed by atoms with Crippen molar-refractivity contribution >= 4 is 15.9 Å². The second-order valence-electron chi connectivity index (χ2n) is 4.04. The number of alkyl halides is 3. The van der Waals surface area contributed by atoms with E-state index in [9.17, 15) is 13.2 Å². The minimum atomic E-state index is -4.40. The maximum atomic E-state index is 12.8. The SMILES string of the molecule is CCCn1cnnc1-c1ccc(Br)c(C(F)(F)F)c1. The average Bonchev–Trinajstić information content (AvgIpc) is 2.77. The zero-order valence-electron chi connectivity index (χ0n) is 10.1. The molecule has 0 saturated heterocycles. The van der Waals surface area contributed by atoms with Crippen LogP contribution in [0.5, 0.6) is 0 Å². The molecule has 0 fully saturated rings. The molecule has 0 aliphatic carbocycles. The Bertz CT molecular complexity index is 578. The Morgan fingerprint density at radius 3 is 2.68 bits per heavy atom. The maximum Gasteiger partial charge on any atom is 0.417 e. The lowest BCUT2D eigenvalue weighted by atomic mass is 10.1. The van der Waals surface area contributed by atoms with Crippen molar-refractivity contribution in [2.75, 3.05) is 0 Å². The van der Waals surface area contributed by atoms with E-state index in [4.69, 9.17) is 0 Å². The molecule has 0 aliphatic heterocycles. The largest absolute Gasteiger partial charge is 0.417 e. The van der Waals surface area contributed by atoms with Gasteiger partial charge >= 0.3 is 6.18 Å². The van der Waals surface area contributed by atoms with Gasteiger partial charge in [-0.25, -0.2) is 0 Å². The van der Waals surface area contributed by atoms with Gasteiger partial charge < -0.3 is 4.57 Å². The highest BCUT2D eigenvalue weighted by Gasteiger charge is 2.33. The Labute approximate surface area is 116 Å².